The van der Waals surface area contributed by atoms with Crippen LogP contribution in [0.4, 0.5) is 10.5 Å². The highest BCUT2D eigenvalue weighted by Gasteiger charge is 2.27. The second-order valence-electron chi connectivity index (χ2n) is 8.44. The summed E-state index contributed by atoms with van der Waals surface area (Å²) in [7, 11) is 2.12. The Labute approximate surface area is 185 Å². The smallest absolute Gasteiger partial charge is 0.322 e. The lowest BCUT2D eigenvalue weighted by molar-refractivity contribution is 0.0939. The Morgan fingerprint density at radius 1 is 1.06 bits per heavy atom. The molecule has 1 heterocycles. The number of benzene rings is 2. The summed E-state index contributed by atoms with van der Waals surface area (Å²) in [6.07, 6.45) is 2.81. The molecule has 3 amide bonds. The van der Waals surface area contributed by atoms with E-state index in [1.54, 1.807) is 24.3 Å². The van der Waals surface area contributed by atoms with Crippen LogP contribution in [0.15, 0.2) is 54.6 Å². The van der Waals surface area contributed by atoms with Crippen molar-refractivity contribution in [2.75, 3.05) is 25.5 Å². The summed E-state index contributed by atoms with van der Waals surface area (Å²) in [5.74, 6) is -0.0933. The Balaban J connectivity index is 1.68. The number of likely N-dealkylation sites (tertiary alicyclic amines) is 1. The molecule has 2 aromatic rings. The van der Waals surface area contributed by atoms with E-state index >= 15 is 0 Å². The lowest BCUT2D eigenvalue weighted by atomic mass is 10.0. The Morgan fingerprint density at radius 2 is 1.71 bits per heavy atom. The largest absolute Gasteiger partial charge is 0.350 e. The summed E-state index contributed by atoms with van der Waals surface area (Å²) in [6.45, 7) is 6.58. The second kappa shape index (κ2) is 11.0. The van der Waals surface area contributed by atoms with Crippen molar-refractivity contribution in [1.29, 1.82) is 0 Å². The van der Waals surface area contributed by atoms with Crippen molar-refractivity contribution in [2.45, 2.75) is 51.7 Å². The second-order valence-corrected chi connectivity index (χ2v) is 8.44. The van der Waals surface area contributed by atoms with Gasteiger partial charge in [-0.25, -0.2) is 4.79 Å². The van der Waals surface area contributed by atoms with Crippen molar-refractivity contribution < 1.29 is 9.59 Å². The van der Waals surface area contributed by atoms with Crippen LogP contribution in [0.25, 0.3) is 0 Å². The number of anilines is 1. The molecule has 0 aliphatic carbocycles. The maximum atomic E-state index is 13.2. The van der Waals surface area contributed by atoms with Gasteiger partial charge >= 0.3 is 6.03 Å². The van der Waals surface area contributed by atoms with E-state index in [1.807, 2.05) is 36.9 Å². The van der Waals surface area contributed by atoms with Crippen molar-refractivity contribution in [1.82, 2.24) is 15.1 Å². The molecule has 31 heavy (non-hydrogen) atoms. The first kappa shape index (κ1) is 22.8. The number of urea groups is 1. The number of nitrogens with one attached hydrogen (secondary N) is 2. The minimum atomic E-state index is -0.102. The Kier molecular flexibility index (Phi) is 8.06. The van der Waals surface area contributed by atoms with E-state index in [2.05, 4.69) is 34.7 Å². The molecule has 0 aromatic heterocycles. The van der Waals surface area contributed by atoms with Crippen LogP contribution >= 0.6 is 0 Å². The fourth-order valence-corrected chi connectivity index (χ4v) is 3.76. The van der Waals surface area contributed by atoms with Gasteiger partial charge in [0.2, 0.25) is 0 Å². The Morgan fingerprint density at radius 3 is 2.32 bits per heavy atom. The fraction of sp³-hybridized carbons (Fsp3) is 0.440. The van der Waals surface area contributed by atoms with Gasteiger partial charge in [-0.1, -0.05) is 37.3 Å². The maximum absolute atomic E-state index is 13.2. The normalized spacial score (nSPS) is 15.8. The van der Waals surface area contributed by atoms with Crippen LogP contribution < -0.4 is 10.6 Å². The van der Waals surface area contributed by atoms with Crippen molar-refractivity contribution in [2.24, 2.45) is 0 Å². The lowest BCUT2D eigenvalue weighted by Gasteiger charge is -2.37. The Bertz CT molecular complexity index is 846. The van der Waals surface area contributed by atoms with E-state index in [9.17, 15) is 9.59 Å². The molecule has 6 nitrogen and oxygen atoms in total. The summed E-state index contributed by atoms with van der Waals surface area (Å²) in [6, 6.07) is 17.4. The first-order chi connectivity index (χ1) is 15.0. The van der Waals surface area contributed by atoms with E-state index in [4.69, 9.17) is 0 Å². The molecule has 0 spiro atoms. The number of piperidine rings is 1. The average molecular weight is 423 g/mol. The maximum Gasteiger partial charge on any atom is 0.322 e. The molecule has 1 aliphatic rings. The molecule has 1 fully saturated rings. The summed E-state index contributed by atoms with van der Waals surface area (Å²) < 4.78 is 0. The van der Waals surface area contributed by atoms with Gasteiger partial charge in [0.1, 0.15) is 0 Å². The average Bonchev–Trinajstić information content (AvgIpc) is 2.79. The highest BCUT2D eigenvalue weighted by molar-refractivity contribution is 5.95. The monoisotopic (exact) mass is 422 g/mol. The van der Waals surface area contributed by atoms with Crippen LogP contribution in [0.2, 0.25) is 0 Å². The third-order valence-corrected chi connectivity index (χ3v) is 5.97. The van der Waals surface area contributed by atoms with E-state index < -0.39 is 0 Å². The predicted molar refractivity (Wildman–Crippen MR) is 125 cm³/mol. The summed E-state index contributed by atoms with van der Waals surface area (Å²) in [5.41, 5.74) is 2.40. The van der Waals surface area contributed by atoms with Crippen molar-refractivity contribution in [3.05, 3.63) is 65.7 Å². The van der Waals surface area contributed by atoms with Gasteiger partial charge in [0.15, 0.2) is 0 Å². The van der Waals surface area contributed by atoms with Crippen LogP contribution in [-0.2, 0) is 6.54 Å². The topological polar surface area (TPSA) is 64.7 Å². The van der Waals surface area contributed by atoms with E-state index in [1.165, 1.54) is 0 Å². The molecule has 2 N–H and O–H groups in total. The van der Waals surface area contributed by atoms with Gasteiger partial charge in [0, 0.05) is 29.9 Å². The van der Waals surface area contributed by atoms with Gasteiger partial charge in [0.25, 0.3) is 5.91 Å². The van der Waals surface area contributed by atoms with E-state index in [-0.39, 0.29) is 24.0 Å². The molecule has 0 radical (unpaired) electrons. The number of amides is 3. The number of rotatable bonds is 7. The predicted octanol–water partition coefficient (Wildman–Crippen LogP) is 4.34. The zero-order chi connectivity index (χ0) is 22.2. The standard InChI is InChI=1S/C25H34N4O2/c1-4-19(2)26-24(30)21-10-12-22(13-11-21)27-25(31)29(18-20-8-6-5-7-9-20)23-14-16-28(3)17-15-23/h5-13,19,23H,4,14-18H2,1-3H3,(H,26,30)(H,27,31). The number of hydrogen-bond donors (Lipinski definition) is 2. The Hall–Kier alpha value is -2.86. The summed E-state index contributed by atoms with van der Waals surface area (Å²) in [4.78, 5) is 29.8. The summed E-state index contributed by atoms with van der Waals surface area (Å²) >= 11 is 0. The minimum Gasteiger partial charge on any atom is -0.350 e. The minimum absolute atomic E-state index is 0.0933. The van der Waals surface area contributed by atoms with Crippen LogP contribution in [0.5, 0.6) is 0 Å². The summed E-state index contributed by atoms with van der Waals surface area (Å²) in [5, 5.41) is 5.99. The SMILES string of the molecule is CCC(C)NC(=O)c1ccc(NC(=O)N(Cc2ccccc2)C2CCN(C)CC2)cc1. The van der Waals surface area contributed by atoms with Crippen LogP contribution in [0.3, 0.4) is 0 Å². The van der Waals surface area contributed by atoms with Gasteiger partial charge in [-0.15, -0.1) is 0 Å². The molecule has 1 aliphatic heterocycles. The van der Waals surface area contributed by atoms with Crippen LogP contribution in [0, 0.1) is 0 Å². The van der Waals surface area contributed by atoms with Crippen molar-refractivity contribution in [3.8, 4) is 0 Å². The highest BCUT2D eigenvalue weighted by Crippen LogP contribution is 2.20. The van der Waals surface area contributed by atoms with E-state index in [0.29, 0.717) is 17.8 Å². The molecule has 0 bridgehead atoms. The van der Waals surface area contributed by atoms with Crippen LogP contribution in [-0.4, -0.2) is 54.0 Å². The van der Waals surface area contributed by atoms with Gasteiger partial charge in [-0.3, -0.25) is 4.79 Å². The van der Waals surface area contributed by atoms with Crippen molar-refractivity contribution >= 4 is 17.6 Å². The molecule has 6 heteroatoms. The van der Waals surface area contributed by atoms with Crippen LogP contribution in [0.1, 0.15) is 49.0 Å². The molecule has 1 unspecified atom stereocenters. The molecular weight excluding hydrogens is 388 g/mol. The van der Waals surface area contributed by atoms with Gasteiger partial charge in [0.05, 0.1) is 0 Å². The first-order valence-corrected chi connectivity index (χ1v) is 11.2. The molecule has 2 aromatic carbocycles. The first-order valence-electron chi connectivity index (χ1n) is 11.2. The number of nitrogens with zero attached hydrogens (tertiary/aromatic N) is 2. The lowest BCUT2D eigenvalue weighted by Crippen LogP contribution is -2.47. The number of hydrogen-bond acceptors (Lipinski definition) is 3. The number of carbonyl (C=O) groups excluding carboxylic acids is 2. The fourth-order valence-electron chi connectivity index (χ4n) is 3.76. The zero-order valence-electron chi connectivity index (χ0n) is 18.8. The molecule has 3 rings (SSSR count). The third kappa shape index (κ3) is 6.56. The van der Waals surface area contributed by atoms with E-state index in [0.717, 1.165) is 37.9 Å². The molecule has 0 saturated carbocycles. The molecular formula is C25H34N4O2. The molecule has 1 saturated heterocycles. The quantitative estimate of drug-likeness (QED) is 0.697. The highest BCUT2D eigenvalue weighted by atomic mass is 16.2. The zero-order valence-corrected chi connectivity index (χ0v) is 18.8. The molecule has 1 atom stereocenters. The third-order valence-electron chi connectivity index (χ3n) is 5.97. The van der Waals surface area contributed by atoms with Gasteiger partial charge < -0.3 is 20.4 Å². The number of carbonyl (C=O) groups is 2. The molecule has 166 valence electrons. The van der Waals surface area contributed by atoms with Gasteiger partial charge in [-0.2, -0.15) is 0 Å². The van der Waals surface area contributed by atoms with Crippen molar-refractivity contribution in [3.63, 3.8) is 0 Å². The van der Waals surface area contributed by atoms with Gasteiger partial charge in [-0.05, 0) is 76.2 Å².